The van der Waals surface area contributed by atoms with Crippen molar-refractivity contribution in [3.8, 4) is 0 Å². The van der Waals surface area contributed by atoms with Gasteiger partial charge in [-0.05, 0) is 54.3 Å². The van der Waals surface area contributed by atoms with Crippen LogP contribution in [0.3, 0.4) is 0 Å². The number of carboxylic acid groups (broad SMARTS) is 1. The Hall–Kier alpha value is -3.03. The van der Waals surface area contributed by atoms with Crippen LogP contribution in [0.25, 0.3) is 0 Å². The molecule has 0 bridgehead atoms. The summed E-state index contributed by atoms with van der Waals surface area (Å²) in [4.78, 5) is 27.3. The zero-order valence-corrected chi connectivity index (χ0v) is 17.8. The minimum Gasteiger partial charge on any atom is -0.478 e. The normalized spacial score (nSPS) is 14.0. The zero-order chi connectivity index (χ0) is 22.0. The quantitative estimate of drug-likeness (QED) is 0.528. The number of halogens is 1. The highest BCUT2D eigenvalue weighted by molar-refractivity contribution is 7.12. The monoisotopic (exact) mass is 439 g/mol. The summed E-state index contributed by atoms with van der Waals surface area (Å²) in [6, 6.07) is 12.7. The van der Waals surface area contributed by atoms with Gasteiger partial charge in [-0.1, -0.05) is 24.3 Å². The molecule has 5 nitrogen and oxygen atoms in total. The summed E-state index contributed by atoms with van der Waals surface area (Å²) in [6.45, 7) is 3.04. The highest BCUT2D eigenvalue weighted by atomic mass is 32.1. The summed E-state index contributed by atoms with van der Waals surface area (Å²) < 4.78 is 19.0. The fraction of sp³-hybridized carbons (Fsp3) is 0.250. The van der Waals surface area contributed by atoms with Gasteiger partial charge in [-0.3, -0.25) is 4.79 Å². The van der Waals surface area contributed by atoms with Crippen LogP contribution in [-0.4, -0.2) is 24.1 Å². The third kappa shape index (κ3) is 4.38. The van der Waals surface area contributed by atoms with Crippen LogP contribution in [0.15, 0.2) is 48.5 Å². The zero-order valence-electron chi connectivity index (χ0n) is 17.0. The Kier molecular flexibility index (Phi) is 6.15. The Bertz CT molecular complexity index is 1090. The molecule has 0 fully saturated rings. The second-order valence-corrected chi connectivity index (χ2v) is 8.69. The minimum atomic E-state index is -0.986. The number of carboxylic acids is 1. The predicted molar refractivity (Wildman–Crippen MR) is 117 cm³/mol. The van der Waals surface area contributed by atoms with Gasteiger partial charge in [-0.2, -0.15) is 0 Å². The van der Waals surface area contributed by atoms with E-state index in [2.05, 4.69) is 0 Å². The Balaban J connectivity index is 1.72. The van der Waals surface area contributed by atoms with E-state index in [1.165, 1.54) is 12.1 Å². The third-order valence-corrected chi connectivity index (χ3v) is 6.76. The van der Waals surface area contributed by atoms with Crippen molar-refractivity contribution in [3.05, 3.63) is 86.4 Å². The summed E-state index contributed by atoms with van der Waals surface area (Å²) >= 11 is 1.63. The van der Waals surface area contributed by atoms with E-state index in [1.54, 1.807) is 52.6 Å². The topological polar surface area (TPSA) is 66.8 Å². The van der Waals surface area contributed by atoms with Crippen LogP contribution < -0.4 is 4.90 Å². The van der Waals surface area contributed by atoms with Gasteiger partial charge in [0.05, 0.1) is 30.5 Å². The largest absolute Gasteiger partial charge is 0.478 e. The van der Waals surface area contributed by atoms with Gasteiger partial charge < -0.3 is 14.7 Å². The first-order chi connectivity index (χ1) is 15.0. The van der Waals surface area contributed by atoms with Crippen molar-refractivity contribution in [1.29, 1.82) is 0 Å². The molecule has 0 spiro atoms. The highest BCUT2D eigenvalue weighted by Crippen LogP contribution is 2.42. The van der Waals surface area contributed by atoms with E-state index >= 15 is 0 Å². The summed E-state index contributed by atoms with van der Waals surface area (Å²) in [6.07, 6.45) is 2.14. The number of benzene rings is 2. The summed E-state index contributed by atoms with van der Waals surface area (Å²) in [7, 11) is 0. The number of thiophene rings is 1. The standard InChI is InChI=1S/C24H22FNO4S/c1-15(17-4-6-18(7-5-17)24(28)29)26(14-27)23-20-10-11-30-13-22(20)31-21(23)12-16-2-8-19(25)9-3-16/h2-9,14-15H,10-13H2,1H3,(H,28,29). The molecular weight excluding hydrogens is 417 g/mol. The van der Waals surface area contributed by atoms with Crippen LogP contribution in [0.2, 0.25) is 0 Å². The average Bonchev–Trinajstić information content (AvgIpc) is 3.13. The fourth-order valence-corrected chi connectivity index (χ4v) is 5.21. The molecule has 1 atom stereocenters. The molecule has 0 radical (unpaired) electrons. The number of nitrogens with zero attached hydrogens (tertiary/aromatic N) is 1. The van der Waals surface area contributed by atoms with Crippen molar-refractivity contribution < 1.29 is 23.8 Å². The molecule has 31 heavy (non-hydrogen) atoms. The number of amides is 1. The molecule has 1 aromatic heterocycles. The van der Waals surface area contributed by atoms with Gasteiger partial charge in [0.1, 0.15) is 5.82 Å². The van der Waals surface area contributed by atoms with Gasteiger partial charge in [-0.25, -0.2) is 9.18 Å². The van der Waals surface area contributed by atoms with Crippen LogP contribution >= 0.6 is 11.3 Å². The van der Waals surface area contributed by atoms with Gasteiger partial charge in [0, 0.05) is 16.2 Å². The number of hydrogen-bond acceptors (Lipinski definition) is 4. The molecule has 0 saturated heterocycles. The maximum atomic E-state index is 13.3. The predicted octanol–water partition coefficient (Wildman–Crippen LogP) is 4.97. The number of rotatable bonds is 7. The molecule has 3 aromatic rings. The maximum absolute atomic E-state index is 13.3. The lowest BCUT2D eigenvalue weighted by Gasteiger charge is -2.28. The summed E-state index contributed by atoms with van der Waals surface area (Å²) in [5, 5.41) is 9.15. The number of ether oxygens (including phenoxy) is 1. The second kappa shape index (κ2) is 8.99. The lowest BCUT2D eigenvalue weighted by molar-refractivity contribution is -0.107. The van der Waals surface area contributed by atoms with E-state index < -0.39 is 5.97 Å². The van der Waals surface area contributed by atoms with E-state index in [0.29, 0.717) is 19.6 Å². The number of carbonyl (C=O) groups is 2. The first-order valence-electron chi connectivity index (χ1n) is 10.0. The van der Waals surface area contributed by atoms with Crippen LogP contribution in [0.5, 0.6) is 0 Å². The van der Waals surface area contributed by atoms with Gasteiger partial charge >= 0.3 is 5.97 Å². The highest BCUT2D eigenvalue weighted by Gasteiger charge is 2.28. The number of anilines is 1. The van der Waals surface area contributed by atoms with Crippen LogP contribution in [0.1, 0.15) is 49.8 Å². The molecule has 4 rings (SSSR count). The first kappa shape index (κ1) is 21.2. The van der Waals surface area contributed by atoms with E-state index in [4.69, 9.17) is 9.84 Å². The average molecular weight is 440 g/mol. The fourth-order valence-electron chi connectivity index (χ4n) is 3.88. The Morgan fingerprint density at radius 2 is 1.94 bits per heavy atom. The molecule has 2 aromatic carbocycles. The van der Waals surface area contributed by atoms with Gasteiger partial charge in [0.25, 0.3) is 0 Å². The molecule has 1 aliphatic rings. The van der Waals surface area contributed by atoms with Crippen LogP contribution in [-0.2, 0) is 29.0 Å². The Morgan fingerprint density at radius 1 is 1.23 bits per heavy atom. The Labute approximate surface area is 183 Å². The smallest absolute Gasteiger partial charge is 0.335 e. The van der Waals surface area contributed by atoms with Crippen molar-refractivity contribution in [2.75, 3.05) is 11.5 Å². The van der Waals surface area contributed by atoms with Crippen molar-refractivity contribution in [3.63, 3.8) is 0 Å². The third-order valence-electron chi connectivity index (χ3n) is 5.57. The Morgan fingerprint density at radius 3 is 2.58 bits per heavy atom. The van der Waals surface area contributed by atoms with E-state index in [0.717, 1.165) is 45.0 Å². The molecule has 2 heterocycles. The number of aromatic carboxylic acids is 1. The molecule has 160 valence electrons. The molecular formula is C24H22FNO4S. The minimum absolute atomic E-state index is 0.204. The van der Waals surface area contributed by atoms with Crippen LogP contribution in [0, 0.1) is 5.82 Å². The number of fused-ring (bicyclic) bond motifs is 1. The lowest BCUT2D eigenvalue weighted by atomic mass is 10.0. The first-order valence-corrected chi connectivity index (χ1v) is 10.8. The van der Waals surface area contributed by atoms with Gasteiger partial charge in [-0.15, -0.1) is 11.3 Å². The van der Waals surface area contributed by atoms with Crippen molar-refractivity contribution in [2.45, 2.75) is 32.4 Å². The van der Waals surface area contributed by atoms with E-state index in [-0.39, 0.29) is 17.4 Å². The number of carbonyl (C=O) groups excluding carboxylic acids is 1. The van der Waals surface area contributed by atoms with Gasteiger partial charge in [0.15, 0.2) is 0 Å². The van der Waals surface area contributed by atoms with E-state index in [9.17, 15) is 14.0 Å². The van der Waals surface area contributed by atoms with Crippen LogP contribution in [0.4, 0.5) is 10.1 Å². The molecule has 7 heteroatoms. The molecule has 1 N–H and O–H groups in total. The molecule has 1 amide bonds. The maximum Gasteiger partial charge on any atom is 0.335 e. The molecule has 0 aliphatic carbocycles. The van der Waals surface area contributed by atoms with Crippen molar-refractivity contribution in [2.24, 2.45) is 0 Å². The molecule has 0 saturated carbocycles. The SMILES string of the molecule is CC(c1ccc(C(=O)O)cc1)N(C=O)c1c(Cc2ccc(F)cc2)sc2c1CCOC2. The number of hydrogen-bond donors (Lipinski definition) is 1. The second-order valence-electron chi connectivity index (χ2n) is 7.50. The summed E-state index contributed by atoms with van der Waals surface area (Å²) in [5.41, 5.74) is 4.02. The lowest BCUT2D eigenvalue weighted by Crippen LogP contribution is -2.27. The van der Waals surface area contributed by atoms with Gasteiger partial charge in [0.2, 0.25) is 6.41 Å². The van der Waals surface area contributed by atoms with E-state index in [1.807, 2.05) is 6.92 Å². The van der Waals surface area contributed by atoms with Crippen molar-refractivity contribution in [1.82, 2.24) is 0 Å². The van der Waals surface area contributed by atoms with Crippen molar-refractivity contribution >= 4 is 29.4 Å². The molecule has 1 unspecified atom stereocenters. The summed E-state index contributed by atoms with van der Waals surface area (Å²) in [5.74, 6) is -1.27. The molecule has 1 aliphatic heterocycles.